The Balaban J connectivity index is 2.39. The van der Waals surface area contributed by atoms with Crippen LogP contribution in [0.1, 0.15) is 11.8 Å². The van der Waals surface area contributed by atoms with Crippen molar-refractivity contribution in [2.45, 2.75) is 31.5 Å². The standard InChI is InChI=1S/C10H14FN3O4/c1-4-2-14(10(17)13-8(4)12)9-6(11)7(16)5(3-15)18-9/h2,5-7,9,15-16H,3H2,1H3,(H2,12,13,17)/t5-,6-,7-,9-/m0/s1. The number of nitrogens with two attached hydrogens (primary N) is 1. The minimum absolute atomic E-state index is 0.0592. The summed E-state index contributed by atoms with van der Waals surface area (Å²) in [6, 6.07) is 0. The van der Waals surface area contributed by atoms with E-state index in [-0.39, 0.29) is 5.82 Å². The zero-order valence-electron chi connectivity index (χ0n) is 9.65. The predicted molar refractivity (Wildman–Crippen MR) is 59.5 cm³/mol. The molecule has 18 heavy (non-hydrogen) atoms. The molecule has 1 aromatic rings. The van der Waals surface area contributed by atoms with E-state index in [1.54, 1.807) is 6.92 Å². The van der Waals surface area contributed by atoms with Gasteiger partial charge in [-0.1, -0.05) is 0 Å². The van der Waals surface area contributed by atoms with Gasteiger partial charge in [0.25, 0.3) is 0 Å². The molecular weight excluding hydrogens is 245 g/mol. The maximum Gasteiger partial charge on any atom is 0.351 e. The Morgan fingerprint density at radius 2 is 2.33 bits per heavy atom. The number of hydrogen-bond acceptors (Lipinski definition) is 6. The average molecular weight is 259 g/mol. The van der Waals surface area contributed by atoms with Crippen LogP contribution in [0.5, 0.6) is 0 Å². The van der Waals surface area contributed by atoms with Gasteiger partial charge in [0.2, 0.25) is 0 Å². The van der Waals surface area contributed by atoms with Crippen molar-refractivity contribution in [2.24, 2.45) is 0 Å². The van der Waals surface area contributed by atoms with Gasteiger partial charge >= 0.3 is 5.69 Å². The summed E-state index contributed by atoms with van der Waals surface area (Å²) in [5.41, 5.74) is 5.18. The maximum absolute atomic E-state index is 13.8. The van der Waals surface area contributed by atoms with E-state index in [0.29, 0.717) is 5.56 Å². The van der Waals surface area contributed by atoms with Crippen molar-refractivity contribution in [3.8, 4) is 0 Å². The molecule has 1 aliphatic heterocycles. The Morgan fingerprint density at radius 3 is 2.89 bits per heavy atom. The molecule has 0 saturated carbocycles. The van der Waals surface area contributed by atoms with Crippen molar-refractivity contribution >= 4 is 5.82 Å². The number of aromatic nitrogens is 2. The van der Waals surface area contributed by atoms with E-state index in [4.69, 9.17) is 15.6 Å². The Labute approximate surface area is 102 Å². The summed E-state index contributed by atoms with van der Waals surface area (Å²) >= 11 is 0. The molecular formula is C10H14FN3O4. The monoisotopic (exact) mass is 259 g/mol. The van der Waals surface area contributed by atoms with Crippen LogP contribution in [0, 0.1) is 6.92 Å². The number of aliphatic hydroxyl groups excluding tert-OH is 2. The molecule has 0 bridgehead atoms. The molecule has 7 nitrogen and oxygen atoms in total. The molecule has 0 aromatic carbocycles. The van der Waals surface area contributed by atoms with Gasteiger partial charge in [-0.25, -0.2) is 9.18 Å². The van der Waals surface area contributed by atoms with Crippen LogP contribution in [0.4, 0.5) is 10.2 Å². The molecule has 1 aliphatic rings. The molecule has 0 unspecified atom stereocenters. The van der Waals surface area contributed by atoms with Crippen LogP contribution in [0.25, 0.3) is 0 Å². The van der Waals surface area contributed by atoms with Crippen LogP contribution >= 0.6 is 0 Å². The third-order valence-electron chi connectivity index (χ3n) is 2.92. The molecule has 4 N–H and O–H groups in total. The maximum atomic E-state index is 13.8. The predicted octanol–water partition coefficient (Wildman–Crippen LogP) is -1.28. The zero-order valence-corrected chi connectivity index (χ0v) is 9.65. The van der Waals surface area contributed by atoms with Crippen LogP contribution < -0.4 is 11.4 Å². The second kappa shape index (κ2) is 4.63. The number of rotatable bonds is 2. The normalized spacial score (nSPS) is 31.8. The van der Waals surface area contributed by atoms with E-state index in [2.05, 4.69) is 4.98 Å². The molecule has 2 rings (SSSR count). The number of hydrogen-bond donors (Lipinski definition) is 3. The van der Waals surface area contributed by atoms with Gasteiger partial charge in [-0.05, 0) is 6.92 Å². The van der Waals surface area contributed by atoms with Crippen molar-refractivity contribution in [2.75, 3.05) is 12.3 Å². The van der Waals surface area contributed by atoms with Gasteiger partial charge in [0.15, 0.2) is 12.4 Å². The fourth-order valence-electron chi connectivity index (χ4n) is 1.84. The molecule has 1 fully saturated rings. The van der Waals surface area contributed by atoms with Crippen LogP contribution in [-0.4, -0.2) is 44.8 Å². The number of aryl methyl sites for hydroxylation is 1. The lowest BCUT2D eigenvalue weighted by Crippen LogP contribution is -2.34. The average Bonchev–Trinajstić information content (AvgIpc) is 2.61. The molecule has 4 atom stereocenters. The molecule has 0 amide bonds. The largest absolute Gasteiger partial charge is 0.394 e. The van der Waals surface area contributed by atoms with Crippen molar-refractivity contribution in [3.63, 3.8) is 0 Å². The van der Waals surface area contributed by atoms with Crippen LogP contribution in [0.3, 0.4) is 0 Å². The van der Waals surface area contributed by atoms with E-state index in [0.717, 1.165) is 4.57 Å². The van der Waals surface area contributed by atoms with Crippen molar-refractivity contribution < 1.29 is 19.3 Å². The molecule has 1 saturated heterocycles. The molecule has 2 heterocycles. The number of nitrogen functional groups attached to an aromatic ring is 1. The summed E-state index contributed by atoms with van der Waals surface area (Å²) in [5.74, 6) is 0.0592. The minimum atomic E-state index is -1.82. The first-order valence-corrected chi connectivity index (χ1v) is 5.39. The summed E-state index contributed by atoms with van der Waals surface area (Å²) in [7, 11) is 0. The number of anilines is 1. The van der Waals surface area contributed by atoms with E-state index in [1.807, 2.05) is 0 Å². The first-order valence-electron chi connectivity index (χ1n) is 5.39. The van der Waals surface area contributed by atoms with Gasteiger partial charge in [-0.15, -0.1) is 0 Å². The number of nitrogens with zero attached hydrogens (tertiary/aromatic N) is 2. The molecule has 0 radical (unpaired) electrons. The summed E-state index contributed by atoms with van der Waals surface area (Å²) in [6.07, 6.45) is -4.35. The summed E-state index contributed by atoms with van der Waals surface area (Å²) in [6.45, 7) is 1.08. The lowest BCUT2D eigenvalue weighted by Gasteiger charge is -2.16. The van der Waals surface area contributed by atoms with Gasteiger partial charge < -0.3 is 20.7 Å². The summed E-state index contributed by atoms with van der Waals surface area (Å²) < 4.78 is 19.8. The highest BCUT2D eigenvalue weighted by atomic mass is 19.1. The molecule has 8 heteroatoms. The quantitative estimate of drug-likeness (QED) is 0.610. The second-order valence-corrected chi connectivity index (χ2v) is 4.18. The fraction of sp³-hybridized carbons (Fsp3) is 0.600. The molecule has 0 spiro atoms. The van der Waals surface area contributed by atoms with E-state index >= 15 is 0 Å². The Kier molecular flexibility index (Phi) is 3.33. The van der Waals surface area contributed by atoms with Crippen LogP contribution in [0.15, 0.2) is 11.0 Å². The number of halogens is 1. The lowest BCUT2D eigenvalue weighted by atomic mass is 10.1. The zero-order chi connectivity index (χ0) is 13.4. The minimum Gasteiger partial charge on any atom is -0.394 e. The Morgan fingerprint density at radius 1 is 1.67 bits per heavy atom. The molecule has 0 aliphatic carbocycles. The third-order valence-corrected chi connectivity index (χ3v) is 2.92. The van der Waals surface area contributed by atoms with Gasteiger partial charge in [0.05, 0.1) is 6.61 Å². The van der Waals surface area contributed by atoms with Gasteiger partial charge in [0.1, 0.15) is 18.0 Å². The topological polar surface area (TPSA) is 111 Å². The van der Waals surface area contributed by atoms with Crippen molar-refractivity contribution in [1.82, 2.24) is 9.55 Å². The lowest BCUT2D eigenvalue weighted by molar-refractivity contribution is -0.0491. The van der Waals surface area contributed by atoms with Gasteiger partial charge in [-0.3, -0.25) is 4.57 Å². The van der Waals surface area contributed by atoms with Gasteiger partial charge in [-0.2, -0.15) is 4.98 Å². The van der Waals surface area contributed by atoms with E-state index in [9.17, 15) is 14.3 Å². The highest BCUT2D eigenvalue weighted by Gasteiger charge is 2.45. The van der Waals surface area contributed by atoms with Gasteiger partial charge in [0, 0.05) is 11.8 Å². The number of alkyl halides is 1. The Hall–Kier alpha value is -1.51. The SMILES string of the molecule is Cc1cn([C@H]2O[C@@H](CO)[C@H](O)[C@@H]2F)c(=O)nc1N. The second-order valence-electron chi connectivity index (χ2n) is 4.18. The Bertz CT molecular complexity index is 506. The molecule has 1 aromatic heterocycles. The van der Waals surface area contributed by atoms with Crippen LogP contribution in [-0.2, 0) is 4.74 Å². The smallest absolute Gasteiger partial charge is 0.351 e. The highest BCUT2D eigenvalue weighted by Crippen LogP contribution is 2.30. The third kappa shape index (κ3) is 1.98. The fourth-order valence-corrected chi connectivity index (χ4v) is 1.84. The first kappa shape index (κ1) is 12.9. The van der Waals surface area contributed by atoms with Crippen molar-refractivity contribution in [1.29, 1.82) is 0 Å². The van der Waals surface area contributed by atoms with Crippen LogP contribution in [0.2, 0.25) is 0 Å². The van der Waals surface area contributed by atoms with E-state index in [1.165, 1.54) is 6.20 Å². The molecule has 100 valence electrons. The summed E-state index contributed by atoms with van der Waals surface area (Å²) in [4.78, 5) is 15.1. The number of aliphatic hydroxyl groups is 2. The summed E-state index contributed by atoms with van der Waals surface area (Å²) in [5, 5.41) is 18.4. The number of ether oxygens (including phenoxy) is 1. The first-order chi connectivity index (χ1) is 8.45. The highest BCUT2D eigenvalue weighted by molar-refractivity contribution is 5.35. The van der Waals surface area contributed by atoms with E-state index < -0.39 is 36.9 Å². The van der Waals surface area contributed by atoms with Crippen molar-refractivity contribution in [3.05, 3.63) is 22.2 Å².